The number of fused-ring (bicyclic) bond motifs is 1. The number of likely N-dealkylation sites (N-methyl/N-ethyl adjacent to an activating group) is 1. The second-order valence-electron chi connectivity index (χ2n) is 10.2. The van der Waals surface area contributed by atoms with Gasteiger partial charge in [0.05, 0.1) is 0 Å². The molecule has 0 unspecified atom stereocenters. The van der Waals surface area contributed by atoms with E-state index in [9.17, 15) is 9.59 Å². The minimum Gasteiger partial charge on any atom is -0.371 e. The number of aromatic amines is 1. The number of aryl methyl sites for hydroxylation is 2. The molecule has 2 aliphatic rings. The third-order valence-corrected chi connectivity index (χ3v) is 7.66. The van der Waals surface area contributed by atoms with Crippen molar-refractivity contribution in [3.8, 4) is 11.1 Å². The topological polar surface area (TPSA) is 93.4 Å². The lowest BCUT2D eigenvalue weighted by atomic mass is 9.97. The summed E-state index contributed by atoms with van der Waals surface area (Å²) in [7, 11) is 0. The smallest absolute Gasteiger partial charge is 0.253 e. The minimum absolute atomic E-state index is 0.125. The average Bonchev–Trinajstić information content (AvgIpc) is 3.36. The second kappa shape index (κ2) is 11.4. The summed E-state index contributed by atoms with van der Waals surface area (Å²) in [4.78, 5) is 38.6. The quantitative estimate of drug-likeness (QED) is 0.427. The van der Waals surface area contributed by atoms with Crippen LogP contribution in [0.2, 0.25) is 0 Å². The Hall–Kier alpha value is -3.65. The van der Waals surface area contributed by atoms with Crippen LogP contribution in [0.4, 0.5) is 11.5 Å². The maximum Gasteiger partial charge on any atom is 0.253 e. The van der Waals surface area contributed by atoms with Gasteiger partial charge in [0.1, 0.15) is 5.82 Å². The largest absolute Gasteiger partial charge is 0.371 e. The average molecular weight is 515 g/mol. The minimum atomic E-state index is -0.145. The van der Waals surface area contributed by atoms with Gasteiger partial charge in [-0.25, -0.2) is 4.98 Å². The van der Waals surface area contributed by atoms with Gasteiger partial charge in [-0.2, -0.15) is 0 Å². The number of H-pyrrole nitrogens is 1. The summed E-state index contributed by atoms with van der Waals surface area (Å²) < 4.78 is 0. The lowest BCUT2D eigenvalue weighted by Gasteiger charge is -2.28. The van der Waals surface area contributed by atoms with Crippen molar-refractivity contribution >= 4 is 17.4 Å². The molecular formula is C30H38N6O2. The van der Waals surface area contributed by atoms with Crippen molar-refractivity contribution < 1.29 is 4.79 Å². The van der Waals surface area contributed by atoms with Crippen LogP contribution < -0.4 is 26.0 Å². The molecule has 0 radical (unpaired) electrons. The standard InChI is InChI=1S/C30H38N6O2/c1-4-6-21-15-20(3)34-30(38)26(21)19-33-29(37)25-16-23(17-27-24(25)9-12-35(27)5-2)22-7-8-28(32-18-22)36-13-10-31-11-14-36/h7-8,15-18,31H,4-6,9-14,19H2,1-3H3,(H,33,37)(H,34,38). The molecule has 5 rings (SSSR count). The van der Waals surface area contributed by atoms with Gasteiger partial charge in [0, 0.05) is 80.1 Å². The molecule has 1 amide bonds. The Kier molecular flexibility index (Phi) is 7.79. The number of carbonyl (C=O) groups excluding carboxylic acids is 1. The van der Waals surface area contributed by atoms with E-state index >= 15 is 0 Å². The molecule has 1 aromatic carbocycles. The molecule has 0 saturated carbocycles. The molecule has 0 atom stereocenters. The van der Waals surface area contributed by atoms with Crippen LogP contribution in [0.3, 0.4) is 0 Å². The van der Waals surface area contributed by atoms with Crippen molar-refractivity contribution in [2.75, 3.05) is 49.1 Å². The Bertz CT molecular complexity index is 1360. The van der Waals surface area contributed by atoms with Crippen molar-refractivity contribution in [2.45, 2.75) is 46.6 Å². The fourth-order valence-corrected chi connectivity index (χ4v) is 5.64. The molecule has 0 bridgehead atoms. The number of anilines is 2. The lowest BCUT2D eigenvalue weighted by Crippen LogP contribution is -2.43. The molecule has 3 N–H and O–H groups in total. The van der Waals surface area contributed by atoms with Gasteiger partial charge in [0.25, 0.3) is 11.5 Å². The van der Waals surface area contributed by atoms with E-state index < -0.39 is 0 Å². The molecular weight excluding hydrogens is 476 g/mol. The maximum absolute atomic E-state index is 13.6. The second-order valence-corrected chi connectivity index (χ2v) is 10.2. The van der Waals surface area contributed by atoms with Crippen LogP contribution in [0.15, 0.2) is 41.3 Å². The zero-order valence-electron chi connectivity index (χ0n) is 22.7. The number of piperazine rings is 1. The van der Waals surface area contributed by atoms with Crippen molar-refractivity contribution in [3.05, 3.63) is 74.8 Å². The normalized spacial score (nSPS) is 15.0. The number of amides is 1. The predicted octanol–water partition coefficient (Wildman–Crippen LogP) is 3.42. The first-order chi connectivity index (χ1) is 18.5. The van der Waals surface area contributed by atoms with Gasteiger partial charge in [-0.15, -0.1) is 0 Å². The fourth-order valence-electron chi connectivity index (χ4n) is 5.64. The van der Waals surface area contributed by atoms with Gasteiger partial charge in [-0.05, 0) is 73.7 Å². The summed E-state index contributed by atoms with van der Waals surface area (Å²) in [6.07, 6.45) is 4.49. The highest BCUT2D eigenvalue weighted by atomic mass is 16.1. The van der Waals surface area contributed by atoms with E-state index in [1.165, 1.54) is 0 Å². The van der Waals surface area contributed by atoms with Crippen molar-refractivity contribution in [1.29, 1.82) is 0 Å². The molecule has 4 heterocycles. The summed E-state index contributed by atoms with van der Waals surface area (Å²) >= 11 is 0. The van der Waals surface area contributed by atoms with Gasteiger partial charge in [-0.1, -0.05) is 13.3 Å². The van der Waals surface area contributed by atoms with Gasteiger partial charge < -0.3 is 25.4 Å². The van der Waals surface area contributed by atoms with E-state index in [1.807, 2.05) is 25.3 Å². The lowest BCUT2D eigenvalue weighted by molar-refractivity contribution is 0.0950. The number of benzene rings is 1. The number of carbonyl (C=O) groups is 1. The summed E-state index contributed by atoms with van der Waals surface area (Å²) in [5.74, 6) is 0.838. The SMILES string of the molecule is CCCc1cc(C)[nH]c(=O)c1CNC(=O)c1cc(-c2ccc(N3CCNCC3)nc2)cc2c1CCN2CC. The molecule has 8 heteroatoms. The molecule has 1 saturated heterocycles. The Morgan fingerprint density at radius 3 is 2.61 bits per heavy atom. The number of rotatable bonds is 8. The highest BCUT2D eigenvalue weighted by Crippen LogP contribution is 2.36. The van der Waals surface area contributed by atoms with Crippen molar-refractivity contribution in [1.82, 2.24) is 20.6 Å². The van der Waals surface area contributed by atoms with Gasteiger partial charge in [0.2, 0.25) is 0 Å². The Labute approximate surface area is 224 Å². The molecule has 0 spiro atoms. The maximum atomic E-state index is 13.6. The molecule has 38 heavy (non-hydrogen) atoms. The Morgan fingerprint density at radius 2 is 1.89 bits per heavy atom. The van der Waals surface area contributed by atoms with Crippen molar-refractivity contribution in [2.24, 2.45) is 0 Å². The number of hydrogen-bond acceptors (Lipinski definition) is 6. The van der Waals surface area contributed by atoms with Crippen LogP contribution in [0, 0.1) is 6.92 Å². The van der Waals surface area contributed by atoms with Crippen LogP contribution >= 0.6 is 0 Å². The number of aromatic nitrogens is 2. The molecule has 0 aliphatic carbocycles. The first kappa shape index (κ1) is 26.0. The van der Waals surface area contributed by atoms with Crippen LogP contribution in [-0.4, -0.2) is 55.1 Å². The number of nitrogens with zero attached hydrogens (tertiary/aromatic N) is 3. The summed E-state index contributed by atoms with van der Waals surface area (Å²) in [5.41, 5.74) is 7.20. The third-order valence-electron chi connectivity index (χ3n) is 7.66. The Morgan fingerprint density at radius 1 is 1.08 bits per heavy atom. The van der Waals surface area contributed by atoms with Gasteiger partial charge in [-0.3, -0.25) is 9.59 Å². The van der Waals surface area contributed by atoms with E-state index in [0.717, 1.165) is 98.0 Å². The first-order valence-electron chi connectivity index (χ1n) is 13.8. The highest BCUT2D eigenvalue weighted by molar-refractivity contribution is 5.99. The van der Waals surface area contributed by atoms with E-state index in [0.29, 0.717) is 11.1 Å². The van der Waals surface area contributed by atoms with E-state index in [4.69, 9.17) is 4.98 Å². The summed E-state index contributed by atoms with van der Waals surface area (Å²) in [6.45, 7) is 12.0. The van der Waals surface area contributed by atoms with Crippen LogP contribution in [-0.2, 0) is 19.4 Å². The van der Waals surface area contributed by atoms with Crippen molar-refractivity contribution in [3.63, 3.8) is 0 Å². The molecule has 200 valence electrons. The first-order valence-corrected chi connectivity index (χ1v) is 13.8. The van der Waals surface area contributed by atoms with Gasteiger partial charge >= 0.3 is 0 Å². The van der Waals surface area contributed by atoms with Crippen LogP contribution in [0.1, 0.15) is 53.0 Å². The summed E-state index contributed by atoms with van der Waals surface area (Å²) in [6, 6.07) is 10.4. The highest BCUT2D eigenvalue weighted by Gasteiger charge is 2.25. The van der Waals surface area contributed by atoms with E-state index in [2.05, 4.69) is 57.5 Å². The fraction of sp³-hybridized carbons (Fsp3) is 0.433. The zero-order valence-corrected chi connectivity index (χ0v) is 22.7. The molecule has 1 fully saturated rings. The van der Waals surface area contributed by atoms with Crippen LogP contribution in [0.5, 0.6) is 0 Å². The molecule has 2 aliphatic heterocycles. The third kappa shape index (κ3) is 5.31. The monoisotopic (exact) mass is 514 g/mol. The van der Waals surface area contributed by atoms with E-state index in [1.54, 1.807) is 0 Å². The number of pyridine rings is 2. The van der Waals surface area contributed by atoms with Crippen LogP contribution in [0.25, 0.3) is 11.1 Å². The molecule has 8 nitrogen and oxygen atoms in total. The summed E-state index contributed by atoms with van der Waals surface area (Å²) in [5, 5.41) is 6.44. The number of nitrogens with one attached hydrogen (secondary N) is 3. The number of hydrogen-bond donors (Lipinski definition) is 3. The van der Waals surface area contributed by atoms with E-state index in [-0.39, 0.29) is 18.0 Å². The predicted molar refractivity (Wildman–Crippen MR) is 153 cm³/mol. The molecule has 2 aromatic heterocycles. The Balaban J connectivity index is 1.44. The zero-order chi connectivity index (χ0) is 26.6. The van der Waals surface area contributed by atoms with Gasteiger partial charge in [0.15, 0.2) is 0 Å². The molecule has 3 aromatic rings.